The number of anilines is 1. The molecule has 0 bridgehead atoms. The molecule has 0 saturated heterocycles. The van der Waals surface area contributed by atoms with E-state index in [0.717, 1.165) is 21.6 Å². The zero-order valence-electron chi connectivity index (χ0n) is 10.8. The van der Waals surface area contributed by atoms with E-state index in [1.54, 1.807) is 17.4 Å². The number of hydrogen-bond acceptors (Lipinski definition) is 3. The summed E-state index contributed by atoms with van der Waals surface area (Å²) in [6.07, 6.45) is -4.37. The first kappa shape index (κ1) is 15.3. The molecule has 0 aliphatic carbocycles. The maximum atomic E-state index is 12.8. The topological polar surface area (TPSA) is 24.9 Å². The molecule has 2 rings (SSSR count). The zero-order chi connectivity index (χ0) is 14.9. The first-order valence-electron chi connectivity index (χ1n) is 5.81. The van der Waals surface area contributed by atoms with Crippen LogP contribution in [0.3, 0.4) is 0 Å². The third-order valence-electron chi connectivity index (χ3n) is 2.79. The van der Waals surface area contributed by atoms with Gasteiger partial charge < -0.3 is 5.32 Å². The van der Waals surface area contributed by atoms with E-state index in [1.807, 2.05) is 13.8 Å². The molecule has 0 radical (unpaired) electrons. The van der Waals surface area contributed by atoms with E-state index in [0.29, 0.717) is 12.2 Å². The van der Waals surface area contributed by atoms with Crippen LogP contribution < -0.4 is 5.32 Å². The Bertz CT molecular complexity index is 603. The molecule has 0 spiro atoms. The third-order valence-corrected chi connectivity index (χ3v) is 4.55. The fraction of sp³-hybridized carbons (Fsp3) is 0.308. The number of nitrogens with one attached hydrogen (secondary N) is 1. The first-order chi connectivity index (χ1) is 9.27. The number of nitrogens with zero attached hydrogens (tertiary/aromatic N) is 1. The van der Waals surface area contributed by atoms with E-state index in [4.69, 9.17) is 0 Å². The molecule has 0 aliphatic rings. The maximum Gasteiger partial charge on any atom is 0.417 e. The van der Waals surface area contributed by atoms with E-state index in [-0.39, 0.29) is 4.47 Å². The van der Waals surface area contributed by atoms with Gasteiger partial charge in [-0.2, -0.15) is 13.2 Å². The van der Waals surface area contributed by atoms with Gasteiger partial charge in [-0.1, -0.05) is 15.9 Å². The molecule has 2 nitrogen and oxygen atoms in total. The van der Waals surface area contributed by atoms with Crippen molar-refractivity contribution in [3.8, 4) is 0 Å². The Morgan fingerprint density at radius 2 is 2.00 bits per heavy atom. The van der Waals surface area contributed by atoms with Crippen LogP contribution in [0.25, 0.3) is 0 Å². The Balaban J connectivity index is 2.14. The van der Waals surface area contributed by atoms with E-state index in [9.17, 15) is 13.2 Å². The molecule has 0 amide bonds. The lowest BCUT2D eigenvalue weighted by Gasteiger charge is -2.12. The number of aryl methyl sites for hydroxylation is 2. The molecular formula is C13H12BrF3N2S. The Kier molecular flexibility index (Phi) is 4.39. The van der Waals surface area contributed by atoms with Crippen molar-refractivity contribution in [3.63, 3.8) is 0 Å². The van der Waals surface area contributed by atoms with Gasteiger partial charge >= 0.3 is 6.18 Å². The summed E-state index contributed by atoms with van der Waals surface area (Å²) in [4.78, 5) is 5.46. The van der Waals surface area contributed by atoms with Gasteiger partial charge in [0.15, 0.2) is 0 Å². The average molecular weight is 365 g/mol. The predicted molar refractivity (Wildman–Crippen MR) is 78.1 cm³/mol. The van der Waals surface area contributed by atoms with Crippen LogP contribution >= 0.6 is 27.3 Å². The molecule has 0 saturated carbocycles. The number of halogens is 4. The van der Waals surface area contributed by atoms with Crippen molar-refractivity contribution in [2.45, 2.75) is 26.6 Å². The molecule has 20 heavy (non-hydrogen) atoms. The Labute approximate surface area is 127 Å². The van der Waals surface area contributed by atoms with Gasteiger partial charge in [-0.05, 0) is 32.0 Å². The number of aromatic nitrogens is 1. The highest BCUT2D eigenvalue weighted by Crippen LogP contribution is 2.36. The summed E-state index contributed by atoms with van der Waals surface area (Å²) in [6.45, 7) is 4.30. The number of alkyl halides is 3. The molecule has 1 heterocycles. The Morgan fingerprint density at radius 1 is 1.30 bits per heavy atom. The fourth-order valence-electron chi connectivity index (χ4n) is 1.64. The molecule has 108 valence electrons. The first-order valence-corrected chi connectivity index (χ1v) is 7.42. The Morgan fingerprint density at radius 3 is 2.55 bits per heavy atom. The molecule has 0 aliphatic heterocycles. The second kappa shape index (κ2) is 5.73. The normalized spacial score (nSPS) is 11.7. The summed E-state index contributed by atoms with van der Waals surface area (Å²) in [5, 5.41) is 3.83. The molecule has 0 unspecified atom stereocenters. The summed E-state index contributed by atoms with van der Waals surface area (Å²) in [7, 11) is 0. The maximum absolute atomic E-state index is 12.8. The van der Waals surface area contributed by atoms with Crippen LogP contribution in [0.2, 0.25) is 0 Å². The molecule has 1 aromatic carbocycles. The van der Waals surface area contributed by atoms with Crippen molar-refractivity contribution < 1.29 is 13.2 Å². The van der Waals surface area contributed by atoms with Gasteiger partial charge in [-0.25, -0.2) is 4.98 Å². The second-order valence-electron chi connectivity index (χ2n) is 4.30. The number of thiazole rings is 1. The molecule has 2 aromatic rings. The predicted octanol–water partition coefficient (Wildman–Crippen LogP) is 5.15. The molecule has 0 fully saturated rings. The summed E-state index contributed by atoms with van der Waals surface area (Å²) in [6, 6.07) is 4.09. The zero-order valence-corrected chi connectivity index (χ0v) is 13.2. The van der Waals surface area contributed by atoms with E-state index < -0.39 is 11.7 Å². The molecular weight excluding hydrogens is 353 g/mol. The van der Waals surface area contributed by atoms with Crippen molar-refractivity contribution in [2.75, 3.05) is 5.32 Å². The van der Waals surface area contributed by atoms with Crippen LogP contribution in [0, 0.1) is 13.8 Å². The van der Waals surface area contributed by atoms with Crippen molar-refractivity contribution in [3.05, 3.63) is 43.8 Å². The van der Waals surface area contributed by atoms with Crippen molar-refractivity contribution in [1.82, 2.24) is 4.98 Å². The van der Waals surface area contributed by atoms with Crippen molar-refractivity contribution in [1.29, 1.82) is 0 Å². The van der Waals surface area contributed by atoms with Crippen LogP contribution in [-0.4, -0.2) is 4.98 Å². The fourth-order valence-corrected chi connectivity index (χ4v) is 2.99. The van der Waals surface area contributed by atoms with Gasteiger partial charge in [0, 0.05) is 15.0 Å². The molecule has 1 N–H and O–H groups in total. The minimum absolute atomic E-state index is 0.0384. The number of rotatable bonds is 3. The monoisotopic (exact) mass is 364 g/mol. The smallest absolute Gasteiger partial charge is 0.379 e. The van der Waals surface area contributed by atoms with Gasteiger partial charge in [0.25, 0.3) is 0 Å². The minimum Gasteiger partial charge on any atom is -0.379 e. The standard InChI is InChI=1S/C13H12BrF3N2S/c1-7-8(2)20-12(19-7)6-18-9-3-4-11(14)10(5-9)13(15,16)17/h3-5,18H,6H2,1-2H3. The van der Waals surface area contributed by atoms with Crippen LogP contribution in [0.5, 0.6) is 0 Å². The highest BCUT2D eigenvalue weighted by Gasteiger charge is 2.33. The quantitative estimate of drug-likeness (QED) is 0.814. The van der Waals surface area contributed by atoms with Gasteiger partial charge in [-0.15, -0.1) is 11.3 Å². The van der Waals surface area contributed by atoms with Crippen LogP contribution in [0.15, 0.2) is 22.7 Å². The lowest BCUT2D eigenvalue weighted by molar-refractivity contribution is -0.138. The SMILES string of the molecule is Cc1nc(CNc2ccc(Br)c(C(F)(F)F)c2)sc1C. The van der Waals surface area contributed by atoms with Crippen LogP contribution in [0.4, 0.5) is 18.9 Å². The summed E-state index contributed by atoms with van der Waals surface area (Å²) < 4.78 is 38.4. The van der Waals surface area contributed by atoms with E-state index in [2.05, 4.69) is 26.2 Å². The third kappa shape index (κ3) is 3.52. The van der Waals surface area contributed by atoms with Crippen molar-refractivity contribution >= 4 is 33.0 Å². The lowest BCUT2D eigenvalue weighted by Crippen LogP contribution is -2.07. The summed E-state index contributed by atoms with van der Waals surface area (Å²) in [5.74, 6) is 0. The molecule has 0 atom stereocenters. The number of benzene rings is 1. The van der Waals surface area contributed by atoms with Gasteiger partial charge in [0.1, 0.15) is 5.01 Å². The highest BCUT2D eigenvalue weighted by molar-refractivity contribution is 9.10. The van der Waals surface area contributed by atoms with Crippen molar-refractivity contribution in [2.24, 2.45) is 0 Å². The minimum atomic E-state index is -4.37. The van der Waals surface area contributed by atoms with E-state index in [1.165, 1.54) is 6.07 Å². The average Bonchev–Trinajstić information content (AvgIpc) is 2.66. The van der Waals surface area contributed by atoms with Gasteiger partial charge in [0.2, 0.25) is 0 Å². The second-order valence-corrected chi connectivity index (χ2v) is 6.44. The van der Waals surface area contributed by atoms with Crippen LogP contribution in [0.1, 0.15) is 21.1 Å². The van der Waals surface area contributed by atoms with Gasteiger partial charge in [0.05, 0.1) is 17.8 Å². The van der Waals surface area contributed by atoms with Crippen LogP contribution in [-0.2, 0) is 12.7 Å². The summed E-state index contributed by atoms with van der Waals surface area (Å²) >= 11 is 4.46. The highest BCUT2D eigenvalue weighted by atomic mass is 79.9. The number of hydrogen-bond donors (Lipinski definition) is 1. The Hall–Kier alpha value is -1.08. The molecule has 7 heteroatoms. The lowest BCUT2D eigenvalue weighted by atomic mass is 10.2. The largest absolute Gasteiger partial charge is 0.417 e. The van der Waals surface area contributed by atoms with E-state index >= 15 is 0 Å². The van der Waals surface area contributed by atoms with Gasteiger partial charge in [-0.3, -0.25) is 0 Å². The molecule has 1 aromatic heterocycles. The summed E-state index contributed by atoms with van der Waals surface area (Å²) in [5.41, 5.74) is 0.693.